The normalized spacial score (nSPS) is 11.7. The fraction of sp³-hybridized carbons (Fsp3) is 0.387. The van der Waals surface area contributed by atoms with Gasteiger partial charge in [-0.3, -0.25) is 9.69 Å². The Morgan fingerprint density at radius 1 is 0.730 bits per heavy atom. The highest BCUT2D eigenvalue weighted by molar-refractivity contribution is 8.00. The lowest BCUT2D eigenvalue weighted by Gasteiger charge is -2.36. The van der Waals surface area contributed by atoms with Crippen LogP contribution in [0, 0.1) is 0 Å². The number of rotatable bonds is 16. The first-order valence-electron chi connectivity index (χ1n) is 13.3. The smallest absolute Gasteiger partial charge is 0.229 e. The summed E-state index contributed by atoms with van der Waals surface area (Å²) < 4.78 is -0.311. The fourth-order valence-corrected chi connectivity index (χ4v) is 6.34. The number of likely N-dealkylation sites (N-methyl/N-ethyl adjacent to an activating group) is 1. The summed E-state index contributed by atoms with van der Waals surface area (Å²) in [7, 11) is 0. The second kappa shape index (κ2) is 15.9. The van der Waals surface area contributed by atoms with E-state index in [1.165, 1.54) is 16.7 Å². The molecule has 4 nitrogen and oxygen atoms in total. The molecule has 0 heterocycles. The van der Waals surface area contributed by atoms with Crippen LogP contribution in [0.15, 0.2) is 91.0 Å². The van der Waals surface area contributed by atoms with Gasteiger partial charge in [-0.05, 0) is 29.8 Å². The minimum absolute atomic E-state index is 0.0161. The summed E-state index contributed by atoms with van der Waals surface area (Å²) in [6.45, 7) is 10.9. The van der Waals surface area contributed by atoms with Crippen LogP contribution in [-0.2, 0) is 9.54 Å². The summed E-state index contributed by atoms with van der Waals surface area (Å²) >= 11 is 6.08. The summed E-state index contributed by atoms with van der Waals surface area (Å²) in [6.07, 6.45) is 0. The monoisotopic (exact) mass is 535 g/mol. The highest BCUT2D eigenvalue weighted by Gasteiger charge is 2.36. The van der Waals surface area contributed by atoms with E-state index in [9.17, 15) is 4.79 Å². The Bertz CT molecular complexity index is 933. The van der Waals surface area contributed by atoms with Gasteiger partial charge in [0.2, 0.25) is 5.91 Å². The van der Waals surface area contributed by atoms with Crippen molar-refractivity contribution in [3.63, 3.8) is 0 Å². The molecule has 0 aliphatic rings. The van der Waals surface area contributed by atoms with Crippen molar-refractivity contribution in [1.29, 1.82) is 0 Å². The Hall–Kier alpha value is -2.25. The van der Waals surface area contributed by atoms with Crippen molar-refractivity contribution in [2.45, 2.75) is 18.6 Å². The number of thioether (sulfide) groups is 1. The predicted molar refractivity (Wildman–Crippen MR) is 163 cm³/mol. The standard InChI is InChI=1S/C31H41N3OS2/c1-3-33(4-2)22-23-34(21-20-32-30(35)26-36)24-25-37-31(27-14-8-5-9-15-27,28-16-10-6-11-17-28)29-18-12-7-13-19-29/h5-19,36H,3-4,20-26H2,1-2H3,(H,32,35). The zero-order valence-electron chi connectivity index (χ0n) is 22.2. The van der Waals surface area contributed by atoms with Gasteiger partial charge in [0.15, 0.2) is 0 Å². The number of nitrogens with one attached hydrogen (secondary N) is 1. The molecule has 1 N–H and O–H groups in total. The molecule has 0 fully saturated rings. The van der Waals surface area contributed by atoms with E-state index in [0.717, 1.165) is 45.0 Å². The van der Waals surface area contributed by atoms with Gasteiger partial charge in [0, 0.05) is 38.5 Å². The summed E-state index contributed by atoms with van der Waals surface area (Å²) in [5, 5.41) is 2.99. The van der Waals surface area contributed by atoms with E-state index in [-0.39, 0.29) is 16.4 Å². The molecule has 0 spiro atoms. The summed E-state index contributed by atoms with van der Waals surface area (Å²) in [6, 6.07) is 32.6. The van der Waals surface area contributed by atoms with Crippen LogP contribution in [0.4, 0.5) is 0 Å². The van der Waals surface area contributed by atoms with Gasteiger partial charge in [-0.25, -0.2) is 0 Å². The van der Waals surface area contributed by atoms with Gasteiger partial charge in [0.1, 0.15) is 0 Å². The molecular formula is C31H41N3OS2. The molecule has 0 atom stereocenters. The second-order valence-electron chi connectivity index (χ2n) is 9.00. The first-order chi connectivity index (χ1) is 18.1. The summed E-state index contributed by atoms with van der Waals surface area (Å²) in [4.78, 5) is 16.7. The number of amides is 1. The Labute approximate surface area is 233 Å². The molecule has 6 heteroatoms. The molecule has 1 amide bonds. The number of carbonyl (C=O) groups excluding carboxylic acids is 1. The van der Waals surface area contributed by atoms with Gasteiger partial charge in [-0.2, -0.15) is 12.6 Å². The number of benzene rings is 3. The van der Waals surface area contributed by atoms with Gasteiger partial charge >= 0.3 is 0 Å². The largest absolute Gasteiger partial charge is 0.354 e. The molecule has 0 unspecified atom stereocenters. The maximum absolute atomic E-state index is 11.7. The number of thiol groups is 1. The van der Waals surface area contributed by atoms with E-state index in [2.05, 4.69) is 133 Å². The van der Waals surface area contributed by atoms with Crippen LogP contribution >= 0.6 is 24.4 Å². The van der Waals surface area contributed by atoms with E-state index in [4.69, 9.17) is 0 Å². The zero-order valence-corrected chi connectivity index (χ0v) is 23.9. The topological polar surface area (TPSA) is 35.6 Å². The van der Waals surface area contributed by atoms with Gasteiger partial charge in [0.05, 0.1) is 10.5 Å². The minimum Gasteiger partial charge on any atom is -0.354 e. The van der Waals surface area contributed by atoms with Crippen LogP contribution in [0.2, 0.25) is 0 Å². The van der Waals surface area contributed by atoms with Crippen molar-refractivity contribution in [3.8, 4) is 0 Å². The van der Waals surface area contributed by atoms with Crippen LogP contribution in [0.5, 0.6) is 0 Å². The Morgan fingerprint density at radius 2 is 1.19 bits per heavy atom. The van der Waals surface area contributed by atoms with Crippen LogP contribution in [0.3, 0.4) is 0 Å². The third-order valence-electron chi connectivity index (χ3n) is 6.79. The highest BCUT2D eigenvalue weighted by Crippen LogP contribution is 2.48. The molecule has 0 aromatic heterocycles. The molecule has 0 radical (unpaired) electrons. The lowest BCUT2D eigenvalue weighted by molar-refractivity contribution is -0.118. The minimum atomic E-state index is -0.311. The first-order valence-corrected chi connectivity index (χ1v) is 14.9. The van der Waals surface area contributed by atoms with Crippen molar-refractivity contribution in [3.05, 3.63) is 108 Å². The van der Waals surface area contributed by atoms with E-state index in [1.54, 1.807) is 0 Å². The lowest BCUT2D eigenvalue weighted by atomic mass is 9.84. The molecule has 0 saturated carbocycles. The third-order valence-corrected chi connectivity index (χ3v) is 8.60. The van der Waals surface area contributed by atoms with Crippen molar-refractivity contribution in [2.24, 2.45) is 0 Å². The lowest BCUT2D eigenvalue weighted by Crippen LogP contribution is -2.41. The Balaban J connectivity index is 1.85. The van der Waals surface area contributed by atoms with Gasteiger partial charge in [-0.15, -0.1) is 11.8 Å². The van der Waals surface area contributed by atoms with E-state index in [0.29, 0.717) is 6.54 Å². The molecule has 37 heavy (non-hydrogen) atoms. The fourth-order valence-electron chi connectivity index (χ4n) is 4.66. The average molecular weight is 536 g/mol. The van der Waals surface area contributed by atoms with Crippen LogP contribution in [-0.4, -0.2) is 73.0 Å². The molecule has 3 aromatic rings. The number of hydrogen-bond acceptors (Lipinski definition) is 5. The number of carbonyl (C=O) groups is 1. The highest BCUT2D eigenvalue weighted by atomic mass is 32.2. The average Bonchev–Trinajstić information content (AvgIpc) is 2.96. The first kappa shape index (κ1) is 29.3. The Morgan fingerprint density at radius 3 is 1.62 bits per heavy atom. The molecule has 0 aliphatic carbocycles. The second-order valence-corrected chi connectivity index (χ2v) is 10.6. The Kier molecular flexibility index (Phi) is 12.6. The molecular weight excluding hydrogens is 494 g/mol. The van der Waals surface area contributed by atoms with Gasteiger partial charge < -0.3 is 10.2 Å². The van der Waals surface area contributed by atoms with Crippen LogP contribution in [0.1, 0.15) is 30.5 Å². The van der Waals surface area contributed by atoms with Gasteiger partial charge in [-0.1, -0.05) is 105 Å². The van der Waals surface area contributed by atoms with E-state index >= 15 is 0 Å². The SMILES string of the molecule is CCN(CC)CCN(CCNC(=O)CS)CCSC(c1ccccc1)(c1ccccc1)c1ccccc1. The molecule has 3 rings (SSSR count). The maximum atomic E-state index is 11.7. The van der Waals surface area contributed by atoms with E-state index < -0.39 is 0 Å². The van der Waals surface area contributed by atoms with Crippen molar-refractivity contribution in [2.75, 3.05) is 57.3 Å². The predicted octanol–water partition coefficient (Wildman–Crippen LogP) is 5.40. The molecule has 198 valence electrons. The van der Waals surface area contributed by atoms with Crippen molar-refractivity contribution >= 4 is 30.3 Å². The third kappa shape index (κ3) is 8.37. The quantitative estimate of drug-likeness (QED) is 0.190. The van der Waals surface area contributed by atoms with Gasteiger partial charge in [0.25, 0.3) is 0 Å². The summed E-state index contributed by atoms with van der Waals surface area (Å²) in [5.74, 6) is 1.16. The maximum Gasteiger partial charge on any atom is 0.229 e. The van der Waals surface area contributed by atoms with Crippen LogP contribution in [0.25, 0.3) is 0 Å². The molecule has 0 bridgehead atoms. The zero-order chi connectivity index (χ0) is 26.3. The molecule has 0 saturated heterocycles. The number of nitrogens with zero attached hydrogens (tertiary/aromatic N) is 2. The van der Waals surface area contributed by atoms with Crippen molar-refractivity contribution < 1.29 is 4.79 Å². The number of hydrogen-bond donors (Lipinski definition) is 2. The molecule has 3 aromatic carbocycles. The van der Waals surface area contributed by atoms with Crippen molar-refractivity contribution in [1.82, 2.24) is 15.1 Å². The summed E-state index contributed by atoms with van der Waals surface area (Å²) in [5.41, 5.74) is 3.86. The van der Waals surface area contributed by atoms with Crippen LogP contribution < -0.4 is 5.32 Å². The van der Waals surface area contributed by atoms with E-state index in [1.807, 2.05) is 11.8 Å². The molecule has 0 aliphatic heterocycles.